The van der Waals surface area contributed by atoms with Crippen LogP contribution in [0.15, 0.2) is 29.2 Å². The van der Waals surface area contributed by atoms with Gasteiger partial charge in [-0.15, -0.1) is 0 Å². The predicted octanol–water partition coefficient (Wildman–Crippen LogP) is 2.31. The number of likely N-dealkylation sites (tertiary alicyclic amines) is 1. The van der Waals surface area contributed by atoms with E-state index in [9.17, 15) is 17.6 Å². The minimum atomic E-state index is -3.86. The molecule has 0 radical (unpaired) electrons. The van der Waals surface area contributed by atoms with Gasteiger partial charge in [-0.2, -0.15) is 4.31 Å². The van der Waals surface area contributed by atoms with Crippen LogP contribution in [-0.4, -0.2) is 72.7 Å². The van der Waals surface area contributed by atoms with Crippen molar-refractivity contribution < 1.29 is 17.6 Å². The Kier molecular flexibility index (Phi) is 6.41. The quantitative estimate of drug-likeness (QED) is 0.763. The molecule has 6 nitrogen and oxygen atoms in total. The van der Waals surface area contributed by atoms with E-state index in [2.05, 4.69) is 13.8 Å². The zero-order valence-corrected chi connectivity index (χ0v) is 17.7. The van der Waals surface area contributed by atoms with E-state index in [4.69, 9.17) is 0 Å². The first-order valence-electron chi connectivity index (χ1n) is 10.0. The van der Waals surface area contributed by atoms with Gasteiger partial charge < -0.3 is 4.90 Å². The van der Waals surface area contributed by atoms with Gasteiger partial charge >= 0.3 is 0 Å². The van der Waals surface area contributed by atoms with E-state index in [1.165, 1.54) is 22.5 Å². The van der Waals surface area contributed by atoms with Crippen LogP contribution in [0.5, 0.6) is 0 Å². The summed E-state index contributed by atoms with van der Waals surface area (Å²) in [6, 6.07) is 5.63. The molecule has 156 valence electrons. The Balaban J connectivity index is 1.65. The first kappa shape index (κ1) is 21.2. The first-order valence-corrected chi connectivity index (χ1v) is 11.5. The predicted molar refractivity (Wildman–Crippen MR) is 106 cm³/mol. The van der Waals surface area contributed by atoms with E-state index in [0.717, 1.165) is 25.3 Å². The number of halogens is 1. The Labute approximate surface area is 167 Å². The molecule has 8 heteroatoms. The lowest BCUT2D eigenvalue weighted by atomic mass is 9.96. The van der Waals surface area contributed by atoms with E-state index in [-0.39, 0.29) is 42.0 Å². The van der Waals surface area contributed by atoms with Crippen LogP contribution in [0.25, 0.3) is 0 Å². The standard InChI is InChI=1S/C20H30FN3O3S/c1-15-7-6-8-16(2)24(15)20(25)17(3)22-11-13-23(14-12-22)28(26,27)19-10-5-4-9-18(19)21/h4-5,9-10,15-17H,6-8,11-14H2,1-3H3/t15-,16+,17-/m1/s1. The summed E-state index contributed by atoms with van der Waals surface area (Å²) in [4.78, 5) is 16.8. The highest BCUT2D eigenvalue weighted by molar-refractivity contribution is 7.89. The number of carbonyl (C=O) groups excluding carboxylic acids is 1. The number of benzene rings is 1. The van der Waals surface area contributed by atoms with Crippen molar-refractivity contribution in [1.29, 1.82) is 0 Å². The lowest BCUT2D eigenvalue weighted by Crippen LogP contribution is -2.58. The third-order valence-electron chi connectivity index (χ3n) is 6.08. The molecule has 2 aliphatic heterocycles. The monoisotopic (exact) mass is 411 g/mol. The van der Waals surface area contributed by atoms with Gasteiger partial charge in [0.25, 0.3) is 0 Å². The van der Waals surface area contributed by atoms with Gasteiger partial charge in [-0.05, 0) is 52.2 Å². The van der Waals surface area contributed by atoms with Crippen molar-refractivity contribution in [1.82, 2.24) is 14.1 Å². The molecule has 0 bridgehead atoms. The number of piperidine rings is 1. The van der Waals surface area contributed by atoms with Crippen LogP contribution >= 0.6 is 0 Å². The van der Waals surface area contributed by atoms with Gasteiger partial charge in [0, 0.05) is 38.3 Å². The zero-order valence-electron chi connectivity index (χ0n) is 16.8. The molecular formula is C20H30FN3O3S. The maximum absolute atomic E-state index is 14.0. The smallest absolute Gasteiger partial charge is 0.246 e. The van der Waals surface area contributed by atoms with Gasteiger partial charge in [0.05, 0.1) is 6.04 Å². The number of hydrogen-bond acceptors (Lipinski definition) is 4. The Morgan fingerprint density at radius 1 is 1.07 bits per heavy atom. The van der Waals surface area contributed by atoms with Crippen molar-refractivity contribution in [2.45, 2.75) is 63.1 Å². The molecule has 0 aliphatic carbocycles. The minimum absolute atomic E-state index is 0.116. The average Bonchev–Trinajstić information content (AvgIpc) is 2.67. The molecule has 1 amide bonds. The maximum atomic E-state index is 14.0. The van der Waals surface area contributed by atoms with Gasteiger partial charge in [0.2, 0.25) is 15.9 Å². The highest BCUT2D eigenvalue weighted by Crippen LogP contribution is 2.25. The number of piperazine rings is 1. The minimum Gasteiger partial charge on any atom is -0.336 e. The summed E-state index contributed by atoms with van der Waals surface area (Å²) in [5.74, 6) is -0.619. The Hall–Kier alpha value is -1.51. The summed E-state index contributed by atoms with van der Waals surface area (Å²) in [6.45, 7) is 7.50. The molecule has 3 atom stereocenters. The molecule has 0 spiro atoms. The van der Waals surface area contributed by atoms with Crippen molar-refractivity contribution >= 4 is 15.9 Å². The lowest BCUT2D eigenvalue weighted by Gasteiger charge is -2.43. The van der Waals surface area contributed by atoms with Gasteiger partial charge in [-0.25, -0.2) is 12.8 Å². The first-order chi connectivity index (χ1) is 13.2. The summed E-state index contributed by atoms with van der Waals surface area (Å²) in [6.07, 6.45) is 3.20. The van der Waals surface area contributed by atoms with Crippen LogP contribution in [0.1, 0.15) is 40.0 Å². The van der Waals surface area contributed by atoms with Crippen LogP contribution in [0.2, 0.25) is 0 Å². The Morgan fingerprint density at radius 3 is 2.21 bits per heavy atom. The molecule has 1 aromatic carbocycles. The zero-order chi connectivity index (χ0) is 20.5. The maximum Gasteiger partial charge on any atom is 0.246 e. The average molecular weight is 412 g/mol. The lowest BCUT2D eigenvalue weighted by molar-refractivity contribution is -0.143. The van der Waals surface area contributed by atoms with Crippen LogP contribution < -0.4 is 0 Å². The third kappa shape index (κ3) is 4.09. The van der Waals surface area contributed by atoms with E-state index >= 15 is 0 Å². The molecule has 2 saturated heterocycles. The fourth-order valence-electron chi connectivity index (χ4n) is 4.35. The van der Waals surface area contributed by atoms with E-state index in [0.29, 0.717) is 13.1 Å². The highest BCUT2D eigenvalue weighted by Gasteiger charge is 2.37. The van der Waals surface area contributed by atoms with E-state index < -0.39 is 15.8 Å². The fourth-order valence-corrected chi connectivity index (χ4v) is 5.84. The number of carbonyl (C=O) groups is 1. The molecule has 2 heterocycles. The summed E-state index contributed by atoms with van der Waals surface area (Å²) in [5, 5.41) is 0. The Morgan fingerprint density at radius 2 is 1.64 bits per heavy atom. The third-order valence-corrected chi connectivity index (χ3v) is 8.01. The van der Waals surface area contributed by atoms with Crippen molar-refractivity contribution in [3.05, 3.63) is 30.1 Å². The second-order valence-electron chi connectivity index (χ2n) is 7.92. The van der Waals surface area contributed by atoms with Crippen LogP contribution in [-0.2, 0) is 14.8 Å². The second kappa shape index (κ2) is 8.47. The molecule has 1 aromatic rings. The number of rotatable bonds is 4. The van der Waals surface area contributed by atoms with Crippen molar-refractivity contribution in [3.63, 3.8) is 0 Å². The molecule has 0 N–H and O–H groups in total. The second-order valence-corrected chi connectivity index (χ2v) is 9.83. The van der Waals surface area contributed by atoms with Crippen molar-refractivity contribution in [2.24, 2.45) is 0 Å². The van der Waals surface area contributed by atoms with Crippen LogP contribution in [0.3, 0.4) is 0 Å². The molecule has 0 saturated carbocycles. The fraction of sp³-hybridized carbons (Fsp3) is 0.650. The SMILES string of the molecule is C[C@H](C(=O)N1[C@H](C)CCC[C@@H]1C)N1CCN(S(=O)(=O)c2ccccc2F)CC1. The summed E-state index contributed by atoms with van der Waals surface area (Å²) < 4.78 is 40.8. The molecule has 0 aromatic heterocycles. The van der Waals surface area contributed by atoms with E-state index in [1.54, 1.807) is 0 Å². The van der Waals surface area contributed by atoms with Crippen molar-refractivity contribution in [2.75, 3.05) is 26.2 Å². The largest absolute Gasteiger partial charge is 0.336 e. The summed E-state index contributed by atoms with van der Waals surface area (Å²) in [5.41, 5.74) is 0. The van der Waals surface area contributed by atoms with Gasteiger partial charge in [-0.1, -0.05) is 12.1 Å². The van der Waals surface area contributed by atoms with Crippen molar-refractivity contribution in [3.8, 4) is 0 Å². The molecule has 0 unspecified atom stereocenters. The number of nitrogens with zero attached hydrogens (tertiary/aromatic N) is 3. The highest BCUT2D eigenvalue weighted by atomic mass is 32.2. The molecule has 2 aliphatic rings. The number of hydrogen-bond donors (Lipinski definition) is 0. The van der Waals surface area contributed by atoms with Gasteiger partial charge in [-0.3, -0.25) is 9.69 Å². The molecular weight excluding hydrogens is 381 g/mol. The normalized spacial score (nSPS) is 26.2. The Bertz CT molecular complexity index is 799. The van der Waals surface area contributed by atoms with E-state index in [1.807, 2.05) is 16.7 Å². The van der Waals surface area contributed by atoms with Crippen LogP contribution in [0.4, 0.5) is 4.39 Å². The van der Waals surface area contributed by atoms with Crippen LogP contribution in [0, 0.1) is 5.82 Å². The number of amides is 1. The molecule has 3 rings (SSSR count). The van der Waals surface area contributed by atoms with Gasteiger partial charge in [0.1, 0.15) is 10.7 Å². The molecule has 2 fully saturated rings. The topological polar surface area (TPSA) is 60.9 Å². The number of sulfonamides is 1. The van der Waals surface area contributed by atoms with Gasteiger partial charge in [0.15, 0.2) is 0 Å². The molecule has 28 heavy (non-hydrogen) atoms. The summed E-state index contributed by atoms with van der Waals surface area (Å²) >= 11 is 0. The summed E-state index contributed by atoms with van der Waals surface area (Å²) in [7, 11) is -3.86.